The second kappa shape index (κ2) is 10.7. The average molecular weight is 362 g/mol. The Bertz CT molecular complexity index is 603. The van der Waals surface area contributed by atoms with Crippen LogP contribution in [0.4, 0.5) is 0 Å². The second-order valence-corrected chi connectivity index (χ2v) is 6.78. The molecule has 1 aromatic rings. The molecule has 6 heteroatoms. The van der Waals surface area contributed by atoms with Crippen molar-refractivity contribution in [3.05, 3.63) is 23.8 Å². The molecule has 2 N–H and O–H groups in total. The summed E-state index contributed by atoms with van der Waals surface area (Å²) in [6, 6.07) is 5.74. The molecular formula is C20H30N2O4. The summed E-state index contributed by atoms with van der Waals surface area (Å²) in [7, 11) is 0. The maximum Gasteiger partial charge on any atom is 0.231 e. The molecule has 2 rings (SSSR count). The van der Waals surface area contributed by atoms with Crippen LogP contribution in [0.1, 0.15) is 64.4 Å². The SMILES string of the molecule is CCCCCC[C@H](C)NC(=O)CCC(=O)NCc1ccc2c(c1)OCO2. The minimum absolute atomic E-state index is 0.0637. The molecule has 1 atom stereocenters. The summed E-state index contributed by atoms with van der Waals surface area (Å²) in [6.45, 7) is 4.84. The number of hydrogen-bond donors (Lipinski definition) is 2. The van der Waals surface area contributed by atoms with Crippen LogP contribution in [0.25, 0.3) is 0 Å². The lowest BCUT2D eigenvalue weighted by atomic mass is 10.1. The molecule has 6 nitrogen and oxygen atoms in total. The third kappa shape index (κ3) is 6.94. The van der Waals surface area contributed by atoms with E-state index in [0.717, 1.165) is 24.2 Å². The molecule has 0 bridgehead atoms. The van der Waals surface area contributed by atoms with Gasteiger partial charge in [-0.2, -0.15) is 0 Å². The van der Waals surface area contributed by atoms with E-state index in [-0.39, 0.29) is 37.5 Å². The van der Waals surface area contributed by atoms with Gasteiger partial charge in [0.25, 0.3) is 0 Å². The summed E-state index contributed by atoms with van der Waals surface area (Å²) in [4.78, 5) is 23.9. The first kappa shape index (κ1) is 20.1. The molecule has 0 radical (unpaired) electrons. The smallest absolute Gasteiger partial charge is 0.231 e. The van der Waals surface area contributed by atoms with Crippen LogP contribution in [0, 0.1) is 0 Å². The highest BCUT2D eigenvalue weighted by molar-refractivity contribution is 5.83. The number of hydrogen-bond acceptors (Lipinski definition) is 4. The molecule has 0 aromatic heterocycles. The van der Waals surface area contributed by atoms with Crippen LogP contribution in [0.2, 0.25) is 0 Å². The van der Waals surface area contributed by atoms with E-state index in [4.69, 9.17) is 9.47 Å². The van der Waals surface area contributed by atoms with Crippen LogP contribution in [-0.4, -0.2) is 24.6 Å². The maximum atomic E-state index is 11.9. The van der Waals surface area contributed by atoms with Gasteiger partial charge in [-0.1, -0.05) is 38.7 Å². The van der Waals surface area contributed by atoms with Crippen molar-refractivity contribution in [3.8, 4) is 11.5 Å². The Morgan fingerprint density at radius 3 is 2.65 bits per heavy atom. The fraction of sp³-hybridized carbons (Fsp3) is 0.600. The predicted octanol–water partition coefficient (Wildman–Crippen LogP) is 3.29. The molecule has 1 aliphatic heterocycles. The van der Waals surface area contributed by atoms with Gasteiger partial charge in [0, 0.05) is 25.4 Å². The normalized spacial score (nSPS) is 13.3. The first-order valence-electron chi connectivity index (χ1n) is 9.53. The molecule has 144 valence electrons. The van der Waals surface area contributed by atoms with Crippen molar-refractivity contribution in [1.82, 2.24) is 10.6 Å². The molecule has 0 fully saturated rings. The number of benzene rings is 1. The van der Waals surface area contributed by atoms with Gasteiger partial charge in [0.15, 0.2) is 11.5 Å². The van der Waals surface area contributed by atoms with Gasteiger partial charge in [0.1, 0.15) is 0 Å². The number of ether oxygens (including phenoxy) is 2. The number of rotatable bonds is 11. The van der Waals surface area contributed by atoms with E-state index in [2.05, 4.69) is 17.6 Å². The summed E-state index contributed by atoms with van der Waals surface area (Å²) in [6.07, 6.45) is 6.18. The quantitative estimate of drug-likeness (QED) is 0.592. The lowest BCUT2D eigenvalue weighted by Gasteiger charge is -2.13. The first-order chi connectivity index (χ1) is 12.6. The molecule has 0 saturated carbocycles. The first-order valence-corrected chi connectivity index (χ1v) is 9.53. The van der Waals surface area contributed by atoms with Crippen LogP contribution in [0.5, 0.6) is 11.5 Å². The van der Waals surface area contributed by atoms with Crippen LogP contribution >= 0.6 is 0 Å². The zero-order chi connectivity index (χ0) is 18.8. The predicted molar refractivity (Wildman–Crippen MR) is 100 cm³/mol. The van der Waals surface area contributed by atoms with Crippen LogP contribution < -0.4 is 20.1 Å². The van der Waals surface area contributed by atoms with Crippen molar-refractivity contribution in [2.75, 3.05) is 6.79 Å². The summed E-state index contributed by atoms with van der Waals surface area (Å²) < 4.78 is 10.6. The summed E-state index contributed by atoms with van der Waals surface area (Å²) in [5, 5.41) is 5.80. The standard InChI is InChI=1S/C20H30N2O4/c1-3-4-5-6-7-15(2)22-20(24)11-10-19(23)21-13-16-8-9-17-18(12-16)26-14-25-17/h8-9,12,15H,3-7,10-11,13-14H2,1-2H3,(H,21,23)(H,22,24)/t15-/m0/s1. The van der Waals surface area contributed by atoms with E-state index in [1.165, 1.54) is 19.3 Å². The van der Waals surface area contributed by atoms with Gasteiger partial charge in [-0.05, 0) is 31.0 Å². The van der Waals surface area contributed by atoms with Gasteiger partial charge in [-0.3, -0.25) is 9.59 Å². The van der Waals surface area contributed by atoms with Crippen LogP contribution in [0.3, 0.4) is 0 Å². The largest absolute Gasteiger partial charge is 0.454 e. The number of nitrogens with one attached hydrogen (secondary N) is 2. The summed E-state index contributed by atoms with van der Waals surface area (Å²) >= 11 is 0. The van der Waals surface area contributed by atoms with Gasteiger partial charge in [0.05, 0.1) is 0 Å². The van der Waals surface area contributed by atoms with E-state index in [1.54, 1.807) is 0 Å². The lowest BCUT2D eigenvalue weighted by Crippen LogP contribution is -2.33. The minimum Gasteiger partial charge on any atom is -0.454 e. The highest BCUT2D eigenvalue weighted by atomic mass is 16.7. The summed E-state index contributed by atoms with van der Waals surface area (Å²) in [5.74, 6) is 1.23. The molecule has 0 saturated heterocycles. The van der Waals surface area contributed by atoms with E-state index in [9.17, 15) is 9.59 Å². The van der Waals surface area contributed by atoms with Gasteiger partial charge in [0.2, 0.25) is 18.6 Å². The van der Waals surface area contributed by atoms with Crippen molar-refractivity contribution in [2.24, 2.45) is 0 Å². The second-order valence-electron chi connectivity index (χ2n) is 6.78. The molecule has 1 aromatic carbocycles. The Morgan fingerprint density at radius 1 is 1.08 bits per heavy atom. The fourth-order valence-electron chi connectivity index (χ4n) is 2.86. The zero-order valence-electron chi connectivity index (χ0n) is 15.8. The number of fused-ring (bicyclic) bond motifs is 1. The molecule has 0 aliphatic carbocycles. The van der Waals surface area contributed by atoms with Crippen molar-refractivity contribution in [3.63, 3.8) is 0 Å². The minimum atomic E-state index is -0.131. The highest BCUT2D eigenvalue weighted by Gasteiger charge is 2.14. The van der Waals surface area contributed by atoms with Crippen molar-refractivity contribution < 1.29 is 19.1 Å². The average Bonchev–Trinajstić information content (AvgIpc) is 3.09. The zero-order valence-corrected chi connectivity index (χ0v) is 15.8. The molecule has 0 unspecified atom stereocenters. The maximum absolute atomic E-state index is 11.9. The molecule has 1 heterocycles. The third-order valence-electron chi connectivity index (χ3n) is 4.40. The molecule has 0 spiro atoms. The Kier molecular flexibility index (Phi) is 8.25. The van der Waals surface area contributed by atoms with E-state index in [0.29, 0.717) is 12.3 Å². The van der Waals surface area contributed by atoms with Gasteiger partial charge >= 0.3 is 0 Å². The monoisotopic (exact) mass is 362 g/mol. The van der Waals surface area contributed by atoms with E-state index >= 15 is 0 Å². The van der Waals surface area contributed by atoms with Gasteiger partial charge < -0.3 is 20.1 Å². The number of amides is 2. The topological polar surface area (TPSA) is 76.7 Å². The van der Waals surface area contributed by atoms with Crippen molar-refractivity contribution in [2.45, 2.75) is 71.4 Å². The summed E-state index contributed by atoms with van der Waals surface area (Å²) in [5.41, 5.74) is 0.938. The molecular weight excluding hydrogens is 332 g/mol. The van der Waals surface area contributed by atoms with Crippen molar-refractivity contribution >= 4 is 11.8 Å². The molecule has 26 heavy (non-hydrogen) atoms. The molecule has 1 aliphatic rings. The van der Waals surface area contributed by atoms with Gasteiger partial charge in [-0.15, -0.1) is 0 Å². The number of carbonyl (C=O) groups excluding carboxylic acids is 2. The lowest BCUT2D eigenvalue weighted by molar-refractivity contribution is -0.126. The third-order valence-corrected chi connectivity index (χ3v) is 4.40. The Hall–Kier alpha value is -2.24. The Morgan fingerprint density at radius 2 is 1.85 bits per heavy atom. The number of unbranched alkanes of at least 4 members (excludes halogenated alkanes) is 3. The fourth-order valence-corrected chi connectivity index (χ4v) is 2.86. The van der Waals surface area contributed by atoms with Gasteiger partial charge in [-0.25, -0.2) is 0 Å². The number of carbonyl (C=O) groups is 2. The van der Waals surface area contributed by atoms with E-state index < -0.39 is 0 Å². The molecule has 2 amide bonds. The van der Waals surface area contributed by atoms with Crippen molar-refractivity contribution in [1.29, 1.82) is 0 Å². The Labute approximate surface area is 155 Å². The van der Waals surface area contributed by atoms with Crippen LogP contribution in [-0.2, 0) is 16.1 Å². The van der Waals surface area contributed by atoms with E-state index in [1.807, 2.05) is 25.1 Å². The highest BCUT2D eigenvalue weighted by Crippen LogP contribution is 2.32. The Balaban J connectivity index is 1.60. The van der Waals surface area contributed by atoms with Crippen LogP contribution in [0.15, 0.2) is 18.2 Å².